The van der Waals surface area contributed by atoms with E-state index in [4.69, 9.17) is 25.6 Å². The van der Waals surface area contributed by atoms with E-state index < -0.39 is 11.9 Å². The van der Waals surface area contributed by atoms with E-state index in [9.17, 15) is 0 Å². The lowest BCUT2D eigenvalue weighted by molar-refractivity contribution is 0.228. The molecule has 0 aliphatic carbocycles. The minimum absolute atomic E-state index is 0.0216. The molecule has 5 N–H and O–H groups in total. The molecule has 1 aromatic heterocycles. The Bertz CT molecular complexity index is 1350. The average molecular weight is 476 g/mol. The summed E-state index contributed by atoms with van der Waals surface area (Å²) in [6.07, 6.45) is -0.214. The molecule has 0 bridgehead atoms. The fourth-order valence-corrected chi connectivity index (χ4v) is 3.88. The number of imidazole rings is 1. The van der Waals surface area contributed by atoms with Crippen LogP contribution in [0.1, 0.15) is 49.3 Å². The van der Waals surface area contributed by atoms with Crippen molar-refractivity contribution in [2.45, 2.75) is 39.8 Å². The quantitative estimate of drug-likeness (QED) is 0.184. The Morgan fingerprint density at radius 3 is 2.54 bits per heavy atom. The van der Waals surface area contributed by atoms with Gasteiger partial charge in [0.2, 0.25) is 0 Å². The van der Waals surface area contributed by atoms with Gasteiger partial charge in [0.25, 0.3) is 0 Å². The number of anilines is 1. The van der Waals surface area contributed by atoms with Crippen molar-refractivity contribution >= 4 is 22.6 Å². The summed E-state index contributed by atoms with van der Waals surface area (Å²) in [5.74, 6) is 0.657. The van der Waals surface area contributed by atoms with Crippen LogP contribution in [0.4, 0.5) is 10.1 Å². The smallest absolute Gasteiger partial charge is 0.171 e. The second-order valence-electron chi connectivity index (χ2n) is 8.64. The number of benzene rings is 3. The largest absolute Gasteiger partial charge is 0.494 e. The van der Waals surface area contributed by atoms with E-state index in [1.165, 1.54) is 0 Å². The first-order valence-corrected chi connectivity index (χ1v) is 11.5. The van der Waals surface area contributed by atoms with Crippen molar-refractivity contribution in [1.82, 2.24) is 9.97 Å². The molecule has 7 nitrogen and oxygen atoms in total. The molecule has 1 unspecified atom stereocenters. The number of H-pyrrole nitrogens is 1. The van der Waals surface area contributed by atoms with Crippen LogP contribution in [-0.4, -0.2) is 28.5 Å². The molecule has 0 aliphatic rings. The summed E-state index contributed by atoms with van der Waals surface area (Å²) in [7, 11) is 0. The summed E-state index contributed by atoms with van der Waals surface area (Å²) in [6.45, 7) is 8.01. The van der Waals surface area contributed by atoms with Gasteiger partial charge in [-0.05, 0) is 75.7 Å². The van der Waals surface area contributed by atoms with Crippen LogP contribution < -0.4 is 20.5 Å². The molecule has 0 amide bonds. The highest BCUT2D eigenvalue weighted by Gasteiger charge is 2.26. The van der Waals surface area contributed by atoms with Crippen molar-refractivity contribution in [2.75, 3.05) is 11.9 Å². The number of aromatic nitrogens is 2. The molecule has 8 heteroatoms. The number of amidine groups is 1. The fourth-order valence-electron chi connectivity index (χ4n) is 3.88. The molecule has 35 heavy (non-hydrogen) atoms. The Morgan fingerprint density at radius 1 is 1.14 bits per heavy atom. The summed E-state index contributed by atoms with van der Waals surface area (Å²) in [5.41, 5.74) is 9.97. The highest BCUT2D eigenvalue weighted by Crippen LogP contribution is 2.36. The Kier molecular flexibility index (Phi) is 6.91. The molecule has 1 atom stereocenters. The normalized spacial score (nSPS) is 12.1. The van der Waals surface area contributed by atoms with Crippen molar-refractivity contribution in [2.24, 2.45) is 5.73 Å². The molecule has 0 fully saturated rings. The van der Waals surface area contributed by atoms with Crippen LogP contribution in [0, 0.1) is 18.2 Å². The van der Waals surface area contributed by atoms with E-state index in [-0.39, 0.29) is 17.7 Å². The predicted molar refractivity (Wildman–Crippen MR) is 137 cm³/mol. The SMILES string of the molecule is CCOc1cc(OC(C)C)c(F)c(C(Nc2ccc(C(=N)N)cc2)c2nc3ccc(C)cc3[nH]2)c1. The summed E-state index contributed by atoms with van der Waals surface area (Å²) in [6, 6.07) is 15.6. The van der Waals surface area contributed by atoms with E-state index in [0.29, 0.717) is 35.0 Å². The van der Waals surface area contributed by atoms with Crippen molar-refractivity contribution in [1.29, 1.82) is 5.41 Å². The Hall–Kier alpha value is -4.07. The molecular weight excluding hydrogens is 445 g/mol. The van der Waals surface area contributed by atoms with E-state index >= 15 is 4.39 Å². The number of aryl methyl sites for hydroxylation is 1. The number of nitrogen functional groups attached to an aromatic ring is 1. The third kappa shape index (κ3) is 5.37. The number of fused-ring (bicyclic) bond motifs is 1. The lowest BCUT2D eigenvalue weighted by atomic mass is 10.0. The van der Waals surface area contributed by atoms with Gasteiger partial charge in [-0.25, -0.2) is 9.37 Å². The lowest BCUT2D eigenvalue weighted by Crippen LogP contribution is -2.18. The monoisotopic (exact) mass is 475 g/mol. The summed E-state index contributed by atoms with van der Waals surface area (Å²) in [4.78, 5) is 8.11. The molecule has 1 heterocycles. The Labute approximate surface area is 204 Å². The summed E-state index contributed by atoms with van der Waals surface area (Å²) in [5, 5.41) is 11.0. The maximum absolute atomic E-state index is 15.9. The molecule has 0 spiro atoms. The zero-order valence-electron chi connectivity index (χ0n) is 20.3. The third-order valence-corrected chi connectivity index (χ3v) is 5.46. The molecule has 182 valence electrons. The standard InChI is InChI=1S/C27H30FN5O2/c1-5-34-19-13-20(24(28)23(14-19)35-15(2)3)25(31-18-9-7-17(8-10-18)26(29)30)27-32-21-11-6-16(4)12-22(21)33-27/h6-15,25,31H,5H2,1-4H3,(H3,29,30)(H,32,33). The summed E-state index contributed by atoms with van der Waals surface area (Å²) < 4.78 is 27.4. The molecular formula is C27H30FN5O2. The molecule has 3 aromatic carbocycles. The number of aromatic amines is 1. The zero-order valence-corrected chi connectivity index (χ0v) is 20.3. The molecule has 0 saturated carbocycles. The summed E-state index contributed by atoms with van der Waals surface area (Å²) >= 11 is 0. The van der Waals surface area contributed by atoms with Gasteiger partial charge in [0.05, 0.1) is 23.7 Å². The van der Waals surface area contributed by atoms with Gasteiger partial charge < -0.3 is 25.5 Å². The van der Waals surface area contributed by atoms with Crippen molar-refractivity contribution in [3.8, 4) is 11.5 Å². The van der Waals surface area contributed by atoms with Crippen LogP contribution in [0.15, 0.2) is 54.6 Å². The van der Waals surface area contributed by atoms with Crippen LogP contribution in [0.2, 0.25) is 0 Å². The van der Waals surface area contributed by atoms with E-state index in [0.717, 1.165) is 16.6 Å². The van der Waals surface area contributed by atoms with Gasteiger partial charge in [-0.1, -0.05) is 6.07 Å². The fraction of sp³-hybridized carbons (Fsp3) is 0.259. The van der Waals surface area contributed by atoms with Gasteiger partial charge >= 0.3 is 0 Å². The third-order valence-electron chi connectivity index (χ3n) is 5.46. The first kappa shape index (κ1) is 24.1. The minimum atomic E-state index is -0.680. The molecule has 4 rings (SSSR count). The topological polar surface area (TPSA) is 109 Å². The highest BCUT2D eigenvalue weighted by atomic mass is 19.1. The van der Waals surface area contributed by atoms with Crippen LogP contribution in [0.25, 0.3) is 11.0 Å². The number of nitrogens with two attached hydrogens (primary N) is 1. The maximum Gasteiger partial charge on any atom is 0.171 e. The van der Waals surface area contributed by atoms with Gasteiger partial charge in [-0.2, -0.15) is 0 Å². The maximum atomic E-state index is 15.9. The van der Waals surface area contributed by atoms with Crippen LogP contribution in [0.3, 0.4) is 0 Å². The van der Waals surface area contributed by atoms with Gasteiger partial charge in [0.15, 0.2) is 11.6 Å². The number of rotatable bonds is 9. The first-order chi connectivity index (χ1) is 16.7. The van der Waals surface area contributed by atoms with Gasteiger partial charge in [-0.15, -0.1) is 0 Å². The van der Waals surface area contributed by atoms with Gasteiger partial charge in [-0.3, -0.25) is 5.41 Å². The van der Waals surface area contributed by atoms with Gasteiger partial charge in [0, 0.05) is 22.9 Å². The Balaban J connectivity index is 1.86. The van der Waals surface area contributed by atoms with E-state index in [2.05, 4.69) is 10.3 Å². The van der Waals surface area contributed by atoms with Gasteiger partial charge in [0.1, 0.15) is 23.5 Å². The second-order valence-corrected chi connectivity index (χ2v) is 8.64. The number of nitrogens with zero attached hydrogens (tertiary/aromatic N) is 1. The number of hydrogen-bond donors (Lipinski definition) is 4. The minimum Gasteiger partial charge on any atom is -0.494 e. The van der Waals surface area contributed by atoms with Crippen molar-refractivity contribution in [3.63, 3.8) is 0 Å². The van der Waals surface area contributed by atoms with Crippen LogP contribution >= 0.6 is 0 Å². The zero-order chi connectivity index (χ0) is 25.1. The van der Waals surface area contributed by atoms with Crippen LogP contribution in [-0.2, 0) is 0 Å². The van der Waals surface area contributed by atoms with Crippen LogP contribution in [0.5, 0.6) is 11.5 Å². The van der Waals surface area contributed by atoms with E-state index in [1.807, 2.05) is 45.9 Å². The number of hydrogen-bond acceptors (Lipinski definition) is 5. The Morgan fingerprint density at radius 2 is 1.89 bits per heavy atom. The van der Waals surface area contributed by atoms with E-state index in [1.54, 1.807) is 36.4 Å². The predicted octanol–water partition coefficient (Wildman–Crippen LogP) is 5.68. The number of ether oxygens (including phenoxy) is 2. The number of halogens is 1. The molecule has 0 radical (unpaired) electrons. The molecule has 0 aliphatic heterocycles. The second kappa shape index (κ2) is 10.0. The van der Waals surface area contributed by atoms with Crippen molar-refractivity contribution in [3.05, 3.63) is 82.9 Å². The molecule has 0 saturated heterocycles. The lowest BCUT2D eigenvalue weighted by Gasteiger charge is -2.22. The average Bonchev–Trinajstić information content (AvgIpc) is 3.22. The molecule has 4 aromatic rings. The first-order valence-electron chi connectivity index (χ1n) is 11.5. The highest BCUT2D eigenvalue weighted by molar-refractivity contribution is 5.95. The number of nitrogens with one attached hydrogen (secondary N) is 3. The van der Waals surface area contributed by atoms with Crippen molar-refractivity contribution < 1.29 is 13.9 Å².